The number of imidazole rings is 1. The number of ether oxygens (including phenoxy) is 3. The molecule has 2 aliphatic heterocycles. The monoisotopic (exact) mass is 516 g/mol. The molecule has 0 bridgehead atoms. The van der Waals surface area contributed by atoms with Gasteiger partial charge in [-0.15, -0.1) is 0 Å². The van der Waals surface area contributed by atoms with Crippen LogP contribution in [-0.4, -0.2) is 52.6 Å². The first-order chi connectivity index (χ1) is 18.0. The quantitative estimate of drug-likeness (QED) is 0.343. The van der Waals surface area contributed by atoms with E-state index in [4.69, 9.17) is 25.8 Å². The lowest BCUT2D eigenvalue weighted by Crippen LogP contribution is -2.32. The summed E-state index contributed by atoms with van der Waals surface area (Å²) in [4.78, 5) is 19.0. The molecule has 4 aromatic rings. The van der Waals surface area contributed by atoms with Crippen LogP contribution in [0.5, 0.6) is 6.01 Å². The summed E-state index contributed by atoms with van der Waals surface area (Å²) in [7, 11) is 0. The molecule has 3 heterocycles. The molecule has 37 heavy (non-hydrogen) atoms. The second kappa shape index (κ2) is 8.87. The summed E-state index contributed by atoms with van der Waals surface area (Å²) in [5.41, 5.74) is 6.73. The first-order valence-corrected chi connectivity index (χ1v) is 12.9. The van der Waals surface area contributed by atoms with Gasteiger partial charge < -0.3 is 24.3 Å². The summed E-state index contributed by atoms with van der Waals surface area (Å²) in [6.45, 7) is 1.20. The standard InChI is InChI=1S/C29H25ClN2O5/c30-22-13-24-23(31-29(32-24)37-26-14-36-25-9-10-35-27(25)26)12-20(22)18-7-3-16(4-8-18)15-1-5-17(6-2-15)19-11-21(19)28(33)34/h1-8,12-13,19,21,25-27H,9-11,14H2,(H,31,32)(H,33,34). The molecule has 2 N–H and O–H groups in total. The number of carboxylic acid groups (broad SMARTS) is 1. The molecule has 3 aromatic carbocycles. The van der Waals surface area contributed by atoms with Crippen LogP contribution < -0.4 is 4.74 Å². The van der Waals surface area contributed by atoms with Gasteiger partial charge in [0.2, 0.25) is 0 Å². The molecule has 1 aliphatic carbocycles. The van der Waals surface area contributed by atoms with E-state index in [2.05, 4.69) is 46.4 Å². The van der Waals surface area contributed by atoms with Crippen molar-refractivity contribution in [2.45, 2.75) is 37.1 Å². The van der Waals surface area contributed by atoms with Gasteiger partial charge in [0, 0.05) is 12.2 Å². The predicted octanol–water partition coefficient (Wildman–Crippen LogP) is 5.67. The zero-order valence-corrected chi connectivity index (χ0v) is 20.6. The number of benzene rings is 3. The minimum Gasteiger partial charge on any atom is -0.481 e. The molecule has 2 saturated heterocycles. The third-order valence-electron chi connectivity index (χ3n) is 7.71. The summed E-state index contributed by atoms with van der Waals surface area (Å²) in [5, 5.41) is 9.80. The van der Waals surface area contributed by atoms with E-state index in [0.29, 0.717) is 24.2 Å². The number of aliphatic carboxylic acids is 1. The highest BCUT2D eigenvalue weighted by atomic mass is 35.5. The van der Waals surface area contributed by atoms with Crippen molar-refractivity contribution in [3.63, 3.8) is 0 Å². The van der Waals surface area contributed by atoms with Crippen molar-refractivity contribution in [2.24, 2.45) is 5.92 Å². The van der Waals surface area contributed by atoms with E-state index >= 15 is 0 Å². The molecule has 0 spiro atoms. The molecule has 188 valence electrons. The van der Waals surface area contributed by atoms with E-state index in [1.165, 1.54) is 0 Å². The third kappa shape index (κ3) is 4.17. The van der Waals surface area contributed by atoms with E-state index < -0.39 is 5.97 Å². The molecular formula is C29H25ClN2O5. The Bertz CT molecular complexity index is 1480. The lowest BCUT2D eigenvalue weighted by Gasteiger charge is -2.15. The summed E-state index contributed by atoms with van der Waals surface area (Å²) >= 11 is 6.66. The highest BCUT2D eigenvalue weighted by Crippen LogP contribution is 2.47. The van der Waals surface area contributed by atoms with Crippen LogP contribution in [0.15, 0.2) is 60.7 Å². The van der Waals surface area contributed by atoms with Crippen molar-refractivity contribution in [1.82, 2.24) is 9.97 Å². The van der Waals surface area contributed by atoms with E-state index in [1.54, 1.807) is 0 Å². The molecule has 3 aliphatic rings. The van der Waals surface area contributed by atoms with Crippen LogP contribution in [0, 0.1) is 5.92 Å². The van der Waals surface area contributed by atoms with Gasteiger partial charge in [0.15, 0.2) is 6.10 Å². The molecule has 3 fully saturated rings. The molecule has 7 nitrogen and oxygen atoms in total. The number of carboxylic acids is 1. The van der Waals surface area contributed by atoms with Gasteiger partial charge in [-0.3, -0.25) is 4.79 Å². The number of aromatic nitrogens is 2. The molecule has 5 unspecified atom stereocenters. The van der Waals surface area contributed by atoms with Crippen molar-refractivity contribution in [1.29, 1.82) is 0 Å². The number of hydrogen-bond acceptors (Lipinski definition) is 5. The SMILES string of the molecule is O=C(O)C1CC1c1ccc(-c2ccc(-c3cc4nc(OC5COC6CCOC65)[nH]c4cc3Cl)cc2)cc1. The zero-order valence-electron chi connectivity index (χ0n) is 19.9. The van der Waals surface area contributed by atoms with Crippen LogP contribution in [0.25, 0.3) is 33.3 Å². The number of nitrogens with one attached hydrogen (secondary N) is 1. The van der Waals surface area contributed by atoms with Crippen LogP contribution in [0.4, 0.5) is 0 Å². The predicted molar refractivity (Wildman–Crippen MR) is 139 cm³/mol. The third-order valence-corrected chi connectivity index (χ3v) is 8.02. The van der Waals surface area contributed by atoms with Gasteiger partial charge in [-0.2, -0.15) is 4.98 Å². The molecule has 8 heteroatoms. The second-order valence-electron chi connectivity index (χ2n) is 10.0. The first-order valence-electron chi connectivity index (χ1n) is 12.6. The Morgan fingerprint density at radius 1 is 1.03 bits per heavy atom. The van der Waals surface area contributed by atoms with Crippen LogP contribution in [-0.2, 0) is 14.3 Å². The Balaban J connectivity index is 1.09. The molecule has 7 rings (SSSR count). The molecule has 1 aromatic heterocycles. The largest absolute Gasteiger partial charge is 0.481 e. The maximum Gasteiger partial charge on any atom is 0.307 e. The summed E-state index contributed by atoms with van der Waals surface area (Å²) < 4.78 is 17.6. The number of fused-ring (bicyclic) bond motifs is 2. The summed E-state index contributed by atoms with van der Waals surface area (Å²) in [5.74, 6) is -0.812. The van der Waals surface area contributed by atoms with Crippen molar-refractivity contribution < 1.29 is 24.1 Å². The molecule has 5 atom stereocenters. The fourth-order valence-electron chi connectivity index (χ4n) is 5.56. The number of carbonyl (C=O) groups is 1. The first kappa shape index (κ1) is 22.8. The molecule has 0 amide bonds. The maximum absolute atomic E-state index is 11.2. The van der Waals surface area contributed by atoms with Gasteiger partial charge >= 0.3 is 5.97 Å². The van der Waals surface area contributed by atoms with Crippen molar-refractivity contribution in [3.05, 3.63) is 71.2 Å². The number of nitrogens with zero attached hydrogens (tertiary/aromatic N) is 1. The number of halogens is 1. The average molecular weight is 517 g/mol. The Morgan fingerprint density at radius 2 is 1.76 bits per heavy atom. The highest BCUT2D eigenvalue weighted by Gasteiger charge is 2.44. The van der Waals surface area contributed by atoms with Gasteiger partial charge in [0.1, 0.15) is 6.10 Å². The fraction of sp³-hybridized carbons (Fsp3) is 0.310. The van der Waals surface area contributed by atoms with E-state index in [-0.39, 0.29) is 30.1 Å². The van der Waals surface area contributed by atoms with Crippen molar-refractivity contribution in [3.8, 4) is 28.3 Å². The van der Waals surface area contributed by atoms with E-state index in [0.717, 1.165) is 51.7 Å². The van der Waals surface area contributed by atoms with Gasteiger partial charge in [-0.25, -0.2) is 0 Å². The van der Waals surface area contributed by atoms with Gasteiger partial charge in [-0.1, -0.05) is 60.1 Å². The Morgan fingerprint density at radius 3 is 2.49 bits per heavy atom. The Kier molecular flexibility index (Phi) is 5.46. The molecule has 1 saturated carbocycles. The minimum atomic E-state index is -0.708. The minimum absolute atomic E-state index is 0.0440. The zero-order chi connectivity index (χ0) is 25.1. The fourth-order valence-corrected chi connectivity index (χ4v) is 5.83. The summed E-state index contributed by atoms with van der Waals surface area (Å²) in [6.07, 6.45) is 1.52. The van der Waals surface area contributed by atoms with Gasteiger partial charge in [-0.05, 0) is 53.1 Å². The van der Waals surface area contributed by atoms with Gasteiger partial charge in [0.05, 0.1) is 34.7 Å². The number of H-pyrrole nitrogens is 1. The lowest BCUT2D eigenvalue weighted by molar-refractivity contribution is -0.138. The van der Waals surface area contributed by atoms with Crippen LogP contribution in [0.1, 0.15) is 24.3 Å². The highest BCUT2D eigenvalue weighted by molar-refractivity contribution is 6.34. The molecule has 0 radical (unpaired) electrons. The normalized spacial score (nSPS) is 26.4. The number of rotatable bonds is 6. The van der Waals surface area contributed by atoms with Crippen molar-refractivity contribution in [2.75, 3.05) is 13.2 Å². The number of aromatic amines is 1. The number of hydrogen-bond donors (Lipinski definition) is 2. The van der Waals surface area contributed by atoms with Crippen LogP contribution >= 0.6 is 11.6 Å². The lowest BCUT2D eigenvalue weighted by atomic mass is 9.98. The average Bonchev–Trinajstić information content (AvgIpc) is 3.20. The second-order valence-corrected chi connectivity index (χ2v) is 10.4. The molecular weight excluding hydrogens is 492 g/mol. The van der Waals surface area contributed by atoms with Crippen LogP contribution in [0.2, 0.25) is 5.02 Å². The maximum atomic E-state index is 11.2. The smallest absolute Gasteiger partial charge is 0.307 e. The topological polar surface area (TPSA) is 93.7 Å². The van der Waals surface area contributed by atoms with E-state index in [1.807, 2.05) is 24.3 Å². The van der Waals surface area contributed by atoms with E-state index in [9.17, 15) is 9.90 Å². The van der Waals surface area contributed by atoms with Crippen LogP contribution in [0.3, 0.4) is 0 Å². The van der Waals surface area contributed by atoms with Gasteiger partial charge in [0.25, 0.3) is 6.01 Å². The Hall–Kier alpha value is -3.39. The Labute approximate surface area is 218 Å². The van der Waals surface area contributed by atoms with Crippen molar-refractivity contribution >= 4 is 28.6 Å². The summed E-state index contributed by atoms with van der Waals surface area (Å²) in [6, 6.07) is 20.7.